The van der Waals surface area contributed by atoms with E-state index < -0.39 is 5.91 Å². The Morgan fingerprint density at radius 2 is 2.33 bits per heavy atom. The number of carbonyl (C=O) groups excluding carboxylic acids is 1. The maximum absolute atomic E-state index is 11.5. The monoisotopic (exact) mass is 208 g/mol. The molecule has 0 saturated carbocycles. The second-order valence-electron chi connectivity index (χ2n) is 3.02. The minimum atomic E-state index is -0.530. The van der Waals surface area contributed by atoms with Gasteiger partial charge in [-0.05, 0) is 0 Å². The fourth-order valence-corrected chi connectivity index (χ4v) is 1.22. The lowest BCUT2D eigenvalue weighted by atomic mass is 10.3. The van der Waals surface area contributed by atoms with Crippen LogP contribution in [0.2, 0.25) is 0 Å². The number of fused-ring (bicyclic) bond motifs is 1. The summed E-state index contributed by atoms with van der Waals surface area (Å²) < 4.78 is 2.29. The van der Waals surface area contributed by atoms with Gasteiger partial charge in [0.1, 0.15) is 6.33 Å². The number of primary amides is 1. The Hall–Kier alpha value is -2.25. The molecule has 2 aromatic heterocycles. The quantitative estimate of drug-likeness (QED) is 0.605. The van der Waals surface area contributed by atoms with Crippen molar-refractivity contribution >= 4 is 11.6 Å². The zero-order valence-corrected chi connectivity index (χ0v) is 7.91. The first-order chi connectivity index (χ1) is 7.09. The second kappa shape index (κ2) is 3.15. The first-order valence-electron chi connectivity index (χ1n) is 4.14. The third-order valence-corrected chi connectivity index (χ3v) is 1.91. The van der Waals surface area contributed by atoms with Gasteiger partial charge in [-0.1, -0.05) is 5.21 Å². The van der Waals surface area contributed by atoms with Crippen LogP contribution < -0.4 is 11.4 Å². The number of hydrogen-bond acceptors (Lipinski definition) is 5. The molecule has 0 radical (unpaired) electrons. The molecule has 0 saturated heterocycles. The first kappa shape index (κ1) is 9.31. The minimum Gasteiger partial charge on any atom is -0.369 e. The second-order valence-corrected chi connectivity index (χ2v) is 3.02. The number of amides is 1. The molecule has 0 bridgehead atoms. The van der Waals surface area contributed by atoms with Crippen molar-refractivity contribution in [2.24, 2.45) is 12.8 Å². The molecule has 8 heteroatoms. The highest BCUT2D eigenvalue weighted by molar-refractivity contribution is 5.77. The Balaban J connectivity index is 2.67. The van der Waals surface area contributed by atoms with Crippen LogP contribution >= 0.6 is 0 Å². The lowest BCUT2D eigenvalue weighted by Gasteiger charge is -1.96. The SMILES string of the molecule is Cn1nnc2c(CC(N)=O)ncn2c1=O. The summed E-state index contributed by atoms with van der Waals surface area (Å²) in [6.45, 7) is 0. The largest absolute Gasteiger partial charge is 0.369 e. The van der Waals surface area contributed by atoms with Gasteiger partial charge in [0, 0.05) is 7.05 Å². The van der Waals surface area contributed by atoms with Crippen LogP contribution in [0.5, 0.6) is 0 Å². The summed E-state index contributed by atoms with van der Waals surface area (Å²) in [5, 5.41) is 7.35. The summed E-state index contributed by atoms with van der Waals surface area (Å²) in [4.78, 5) is 26.1. The minimum absolute atomic E-state index is 0.0572. The van der Waals surface area contributed by atoms with Crippen molar-refractivity contribution in [2.75, 3.05) is 0 Å². The van der Waals surface area contributed by atoms with Gasteiger partial charge in [-0.2, -0.15) is 4.68 Å². The molecule has 2 N–H and O–H groups in total. The van der Waals surface area contributed by atoms with E-state index in [1.165, 1.54) is 17.8 Å². The maximum atomic E-state index is 11.5. The molecule has 0 fully saturated rings. The Morgan fingerprint density at radius 1 is 1.60 bits per heavy atom. The average Bonchev–Trinajstić information content (AvgIpc) is 2.55. The number of hydrogen-bond donors (Lipinski definition) is 1. The molecule has 0 aliphatic heterocycles. The molecule has 2 rings (SSSR count). The van der Waals surface area contributed by atoms with E-state index in [1.807, 2.05) is 0 Å². The maximum Gasteiger partial charge on any atom is 0.352 e. The molecule has 0 aliphatic rings. The molecule has 2 heterocycles. The Bertz CT molecular complexity index is 583. The van der Waals surface area contributed by atoms with Crippen LogP contribution in [0.3, 0.4) is 0 Å². The van der Waals surface area contributed by atoms with Crippen LogP contribution in [0, 0.1) is 0 Å². The van der Waals surface area contributed by atoms with Crippen LogP contribution in [-0.2, 0) is 18.3 Å². The number of aromatic nitrogens is 5. The Kier molecular flexibility index (Phi) is 1.96. The van der Waals surface area contributed by atoms with E-state index in [2.05, 4.69) is 15.3 Å². The lowest BCUT2D eigenvalue weighted by molar-refractivity contribution is -0.117. The van der Waals surface area contributed by atoms with Gasteiger partial charge in [0.05, 0.1) is 12.1 Å². The third-order valence-electron chi connectivity index (χ3n) is 1.91. The van der Waals surface area contributed by atoms with E-state index in [-0.39, 0.29) is 17.8 Å². The van der Waals surface area contributed by atoms with E-state index in [9.17, 15) is 9.59 Å². The van der Waals surface area contributed by atoms with Crippen molar-refractivity contribution in [3.05, 3.63) is 22.5 Å². The van der Waals surface area contributed by atoms with E-state index in [4.69, 9.17) is 5.73 Å². The van der Waals surface area contributed by atoms with Gasteiger partial charge in [-0.25, -0.2) is 14.2 Å². The van der Waals surface area contributed by atoms with Crippen LogP contribution in [0.25, 0.3) is 5.65 Å². The summed E-state index contributed by atoms with van der Waals surface area (Å²) in [5.74, 6) is -0.530. The number of nitrogens with zero attached hydrogens (tertiary/aromatic N) is 5. The van der Waals surface area contributed by atoms with Crippen molar-refractivity contribution in [2.45, 2.75) is 6.42 Å². The van der Waals surface area contributed by atoms with Crippen molar-refractivity contribution in [1.82, 2.24) is 24.4 Å². The number of imidazole rings is 1. The van der Waals surface area contributed by atoms with Crippen LogP contribution in [0.15, 0.2) is 11.1 Å². The van der Waals surface area contributed by atoms with Crippen molar-refractivity contribution in [3.63, 3.8) is 0 Å². The predicted octanol–water partition coefficient (Wildman–Crippen LogP) is -2.15. The fourth-order valence-electron chi connectivity index (χ4n) is 1.22. The topological polar surface area (TPSA) is 108 Å². The van der Waals surface area contributed by atoms with Gasteiger partial charge in [0.15, 0.2) is 5.65 Å². The molecule has 15 heavy (non-hydrogen) atoms. The van der Waals surface area contributed by atoms with Gasteiger partial charge in [-0.3, -0.25) is 4.79 Å². The highest BCUT2D eigenvalue weighted by Gasteiger charge is 2.11. The summed E-state index contributed by atoms with van der Waals surface area (Å²) in [5.41, 5.74) is 5.27. The average molecular weight is 208 g/mol. The van der Waals surface area contributed by atoms with Crippen LogP contribution in [0.4, 0.5) is 0 Å². The number of nitrogens with two attached hydrogens (primary N) is 1. The normalized spacial score (nSPS) is 10.7. The Labute approximate surface area is 83.3 Å². The third kappa shape index (κ3) is 1.45. The molecular weight excluding hydrogens is 200 g/mol. The standard InChI is InChI=1S/C7H8N6O2/c1-12-7(15)13-3-9-4(2-5(8)14)6(13)10-11-12/h3H,2H2,1H3,(H2,8,14). The molecule has 0 spiro atoms. The van der Waals surface area contributed by atoms with E-state index >= 15 is 0 Å². The summed E-state index contributed by atoms with van der Waals surface area (Å²) in [7, 11) is 1.47. The summed E-state index contributed by atoms with van der Waals surface area (Å²) in [6.07, 6.45) is 1.24. The van der Waals surface area contributed by atoms with Gasteiger partial charge in [0.2, 0.25) is 5.91 Å². The molecule has 0 atom stereocenters. The molecule has 0 unspecified atom stereocenters. The molecule has 0 aliphatic carbocycles. The van der Waals surface area contributed by atoms with Gasteiger partial charge in [0.25, 0.3) is 0 Å². The summed E-state index contributed by atoms with van der Waals surface area (Å²) >= 11 is 0. The zero-order chi connectivity index (χ0) is 11.0. The highest BCUT2D eigenvalue weighted by Crippen LogP contribution is 2.02. The molecule has 8 nitrogen and oxygen atoms in total. The van der Waals surface area contributed by atoms with E-state index in [0.29, 0.717) is 5.69 Å². The smallest absolute Gasteiger partial charge is 0.352 e. The molecule has 78 valence electrons. The van der Waals surface area contributed by atoms with Crippen molar-refractivity contribution in [1.29, 1.82) is 0 Å². The molecule has 1 amide bonds. The number of aryl methyl sites for hydroxylation is 1. The van der Waals surface area contributed by atoms with Gasteiger partial charge < -0.3 is 5.73 Å². The van der Waals surface area contributed by atoms with Crippen molar-refractivity contribution in [3.8, 4) is 0 Å². The van der Waals surface area contributed by atoms with Crippen molar-refractivity contribution < 1.29 is 4.79 Å². The predicted molar refractivity (Wildman–Crippen MR) is 48.9 cm³/mol. The van der Waals surface area contributed by atoms with Crippen LogP contribution in [-0.4, -0.2) is 30.3 Å². The Morgan fingerprint density at radius 3 is 3.00 bits per heavy atom. The molecule has 2 aromatic rings. The number of rotatable bonds is 2. The van der Waals surface area contributed by atoms with Gasteiger partial charge >= 0.3 is 5.69 Å². The fraction of sp³-hybridized carbons (Fsp3) is 0.286. The van der Waals surface area contributed by atoms with Gasteiger partial charge in [-0.15, -0.1) is 5.10 Å². The lowest BCUT2D eigenvalue weighted by Crippen LogP contribution is -2.27. The molecule has 0 aromatic carbocycles. The first-order valence-corrected chi connectivity index (χ1v) is 4.14. The molecular formula is C7H8N6O2. The van der Waals surface area contributed by atoms with E-state index in [0.717, 1.165) is 4.68 Å². The summed E-state index contributed by atoms with van der Waals surface area (Å²) in [6, 6.07) is 0. The van der Waals surface area contributed by atoms with Crippen LogP contribution in [0.1, 0.15) is 5.69 Å². The number of carbonyl (C=O) groups is 1. The van der Waals surface area contributed by atoms with E-state index in [1.54, 1.807) is 0 Å². The zero-order valence-electron chi connectivity index (χ0n) is 7.91. The highest BCUT2D eigenvalue weighted by atomic mass is 16.2.